The molecule has 0 aromatic rings. The number of carboxylic acid groups (broad SMARTS) is 1. The molecule has 596 valence electrons. The molecule has 0 rings (SSSR count). The highest BCUT2D eigenvalue weighted by Gasteiger charge is 2.25. The van der Waals surface area contributed by atoms with Crippen molar-refractivity contribution in [1.82, 2.24) is 0 Å². The Hall–Kier alpha value is -4.05. The van der Waals surface area contributed by atoms with Crippen LogP contribution < -0.4 is 0 Å². The molecular weight excluding hydrogens is 1270 g/mol. The van der Waals surface area contributed by atoms with Crippen molar-refractivity contribution in [3.63, 3.8) is 0 Å². The van der Waals surface area contributed by atoms with E-state index in [-0.39, 0.29) is 38.2 Å². The number of ether oxygens (including phenoxy) is 4. The van der Waals surface area contributed by atoms with E-state index in [9.17, 15) is 19.5 Å². The molecule has 0 aromatic heterocycles. The molecule has 0 bridgehead atoms. The number of carbonyl (C=O) groups excluding carboxylic acids is 2. The number of nitrogens with zero attached hydrogens (tertiary/aromatic N) is 1. The zero-order chi connectivity index (χ0) is 74.6. The number of likely N-dealkylation sites (N-methyl/N-ethyl adjacent to an activating group) is 1. The molecule has 103 heavy (non-hydrogen) atoms. The summed E-state index contributed by atoms with van der Waals surface area (Å²) < 4.78 is 23.1. The van der Waals surface area contributed by atoms with Gasteiger partial charge in [0.1, 0.15) is 13.2 Å². The molecule has 9 nitrogen and oxygen atoms in total. The zero-order valence-corrected chi connectivity index (χ0v) is 68.5. The van der Waals surface area contributed by atoms with E-state index in [1.165, 1.54) is 295 Å². The van der Waals surface area contributed by atoms with Gasteiger partial charge in [-0.3, -0.25) is 9.59 Å². The number of allylic oxidation sites excluding steroid dienone is 18. The van der Waals surface area contributed by atoms with Crippen molar-refractivity contribution in [3.05, 3.63) is 109 Å². The molecule has 0 saturated carbocycles. The van der Waals surface area contributed by atoms with Gasteiger partial charge in [-0.1, -0.05) is 406 Å². The van der Waals surface area contributed by atoms with Crippen LogP contribution >= 0.6 is 0 Å². The van der Waals surface area contributed by atoms with Crippen molar-refractivity contribution in [2.24, 2.45) is 0 Å². The Morgan fingerprint density at radius 2 is 0.553 bits per heavy atom. The van der Waals surface area contributed by atoms with Crippen molar-refractivity contribution in [2.45, 2.75) is 424 Å². The largest absolute Gasteiger partial charge is 0.477 e. The number of hydrogen-bond donors (Lipinski definition) is 1. The molecule has 1 N–H and O–H groups in total. The Morgan fingerprint density at radius 1 is 0.301 bits per heavy atom. The van der Waals surface area contributed by atoms with Gasteiger partial charge in [0, 0.05) is 12.8 Å². The number of hydrogen-bond acceptors (Lipinski definition) is 7. The van der Waals surface area contributed by atoms with Gasteiger partial charge in [0.2, 0.25) is 0 Å². The monoisotopic (exact) mass is 1440 g/mol. The predicted molar refractivity (Wildman–Crippen MR) is 447 cm³/mol. The maximum absolute atomic E-state index is 13.0. The topological polar surface area (TPSA) is 108 Å². The third-order valence-electron chi connectivity index (χ3n) is 19.5. The summed E-state index contributed by atoms with van der Waals surface area (Å²) in [6.07, 6.45) is 116. The lowest BCUT2D eigenvalue weighted by molar-refractivity contribution is -0.870. The van der Waals surface area contributed by atoms with Gasteiger partial charge < -0.3 is 28.5 Å². The fourth-order valence-corrected chi connectivity index (χ4v) is 12.9. The quantitative estimate of drug-likeness (QED) is 0.0211. The minimum atomic E-state index is -1.51. The summed E-state index contributed by atoms with van der Waals surface area (Å²) in [5.74, 6) is -1.98. The van der Waals surface area contributed by atoms with Crippen LogP contribution in [0.25, 0.3) is 0 Å². The molecule has 9 heteroatoms. The van der Waals surface area contributed by atoms with E-state index >= 15 is 0 Å². The number of esters is 2. The fourth-order valence-electron chi connectivity index (χ4n) is 12.9. The van der Waals surface area contributed by atoms with E-state index in [2.05, 4.69) is 123 Å². The SMILES string of the molecule is CC/C=C\C/C=C\C/C=C\C/C=C\C/C=C\C/C=C\CCCCCCCCCCCCCCCCCCCCC(=O)OC(COC(=O)CCCCCCCCCCCCCCCCCCCCCCCCCCCC/C=C\C/C=C\C/C=C\CCCCCCC)COC(OCC[N+](C)(C)C)C(=O)O. The first-order chi connectivity index (χ1) is 50.6. The number of aliphatic carboxylic acids is 1. The van der Waals surface area contributed by atoms with E-state index in [4.69, 9.17) is 18.9 Å². The van der Waals surface area contributed by atoms with Crippen molar-refractivity contribution in [1.29, 1.82) is 0 Å². The van der Waals surface area contributed by atoms with E-state index in [1.54, 1.807) is 0 Å². The third kappa shape index (κ3) is 85.1. The second kappa shape index (κ2) is 83.6. The highest BCUT2D eigenvalue weighted by molar-refractivity contribution is 5.71. The number of carboxylic acids is 1. The standard InChI is InChI=1S/C94H167NO8/c1-6-8-10-12-14-16-18-20-22-24-26-28-30-32-34-36-38-40-42-44-45-46-47-49-50-52-54-56-58-60-62-64-66-68-70-72-74-76-78-80-82-84-91(96)101-88-90(89-102-94(93(98)99)100-87-86-95(3,4)5)103-92(97)85-83-81-79-77-75-73-71-69-67-65-63-61-59-57-55-53-51-48-43-41-39-37-35-33-31-29-27-25-23-21-19-17-15-13-11-9-7-2/h9,11,15,17-18,20-21,23-24,26-27,29-30,32-33,35,39,41,90,94H,6-8,10,12-14,16,19,22,25,28,31,34,36-38,40,42-89H2,1-5H3/p+1/b11-9-,17-15-,20-18-,23-21-,26-24-,29-27-,32-30-,35-33-,41-39-. The molecule has 0 aromatic carbocycles. The first-order valence-corrected chi connectivity index (χ1v) is 44.1. The lowest BCUT2D eigenvalue weighted by Gasteiger charge is -2.25. The molecule has 0 aliphatic rings. The molecule has 0 fully saturated rings. The lowest BCUT2D eigenvalue weighted by Crippen LogP contribution is -2.40. The third-order valence-corrected chi connectivity index (χ3v) is 19.5. The predicted octanol–water partition coefficient (Wildman–Crippen LogP) is 28.8. The Labute approximate surface area is 638 Å². The van der Waals surface area contributed by atoms with Gasteiger partial charge in [0.15, 0.2) is 6.10 Å². The molecule has 0 amide bonds. The van der Waals surface area contributed by atoms with Crippen LogP contribution in [0.15, 0.2) is 109 Å². The maximum atomic E-state index is 13.0. The average Bonchev–Trinajstić information content (AvgIpc) is 1.16. The van der Waals surface area contributed by atoms with Gasteiger partial charge in [-0.15, -0.1) is 0 Å². The first-order valence-electron chi connectivity index (χ1n) is 44.1. The van der Waals surface area contributed by atoms with E-state index < -0.39 is 18.4 Å². The van der Waals surface area contributed by atoms with Crippen LogP contribution in [0.3, 0.4) is 0 Å². The molecule has 0 heterocycles. The summed E-state index contributed by atoms with van der Waals surface area (Å²) in [6, 6.07) is 0. The van der Waals surface area contributed by atoms with Crippen LogP contribution in [0.1, 0.15) is 412 Å². The molecule has 2 unspecified atom stereocenters. The highest BCUT2D eigenvalue weighted by atomic mass is 16.7. The van der Waals surface area contributed by atoms with Gasteiger partial charge in [0.05, 0.1) is 34.4 Å². The van der Waals surface area contributed by atoms with Crippen LogP contribution in [0.2, 0.25) is 0 Å². The Morgan fingerprint density at radius 3 is 0.825 bits per heavy atom. The molecule has 0 saturated heterocycles. The van der Waals surface area contributed by atoms with Crippen molar-refractivity contribution in [2.75, 3.05) is 47.5 Å². The van der Waals surface area contributed by atoms with Gasteiger partial charge in [0.25, 0.3) is 6.29 Å². The van der Waals surface area contributed by atoms with Crippen molar-refractivity contribution < 1.29 is 42.9 Å². The Kier molecular flexibility index (Phi) is 80.3. The number of rotatable bonds is 82. The van der Waals surface area contributed by atoms with Gasteiger partial charge in [-0.05, 0) is 103 Å². The van der Waals surface area contributed by atoms with Crippen molar-refractivity contribution in [3.8, 4) is 0 Å². The van der Waals surface area contributed by atoms with E-state index in [0.717, 1.165) is 89.9 Å². The summed E-state index contributed by atoms with van der Waals surface area (Å²) in [4.78, 5) is 37.8. The molecule has 0 aliphatic heterocycles. The number of quaternary nitrogens is 1. The van der Waals surface area contributed by atoms with Crippen LogP contribution in [0.4, 0.5) is 0 Å². The Bertz CT molecular complexity index is 2070. The fraction of sp³-hybridized carbons (Fsp3) is 0.777. The Balaban J connectivity index is 3.94. The van der Waals surface area contributed by atoms with E-state index in [0.29, 0.717) is 17.4 Å². The molecule has 0 radical (unpaired) electrons. The minimum Gasteiger partial charge on any atom is -0.477 e. The lowest BCUT2D eigenvalue weighted by atomic mass is 10.0. The van der Waals surface area contributed by atoms with Crippen LogP contribution in [0.5, 0.6) is 0 Å². The molecule has 0 spiro atoms. The summed E-state index contributed by atoms with van der Waals surface area (Å²) in [7, 11) is 6.00. The zero-order valence-electron chi connectivity index (χ0n) is 68.5. The summed E-state index contributed by atoms with van der Waals surface area (Å²) in [5, 5.41) is 9.79. The van der Waals surface area contributed by atoms with Gasteiger partial charge in [-0.2, -0.15) is 0 Å². The summed E-state index contributed by atoms with van der Waals surface area (Å²) in [6.45, 7) is 4.81. The molecular formula is C94H168NO8+. The smallest absolute Gasteiger partial charge is 0.361 e. The van der Waals surface area contributed by atoms with Crippen LogP contribution in [0, 0.1) is 0 Å². The number of carbonyl (C=O) groups is 3. The second-order valence-corrected chi connectivity index (χ2v) is 30.8. The minimum absolute atomic E-state index is 0.180. The van der Waals surface area contributed by atoms with Gasteiger partial charge >= 0.3 is 17.9 Å². The second-order valence-electron chi connectivity index (χ2n) is 30.8. The highest BCUT2D eigenvalue weighted by Crippen LogP contribution is 2.20. The average molecular weight is 1440 g/mol. The van der Waals surface area contributed by atoms with Gasteiger partial charge in [-0.25, -0.2) is 4.79 Å². The molecule has 0 aliphatic carbocycles. The van der Waals surface area contributed by atoms with Crippen LogP contribution in [-0.2, 0) is 33.3 Å². The maximum Gasteiger partial charge on any atom is 0.361 e. The summed E-state index contributed by atoms with van der Waals surface area (Å²) >= 11 is 0. The van der Waals surface area contributed by atoms with E-state index in [1.807, 2.05) is 21.1 Å². The number of unbranched alkanes of at least 4 members (excludes halogenated alkanes) is 49. The van der Waals surface area contributed by atoms with Crippen LogP contribution in [-0.4, -0.2) is 87.4 Å². The first kappa shape index (κ1) is 98.9. The summed E-state index contributed by atoms with van der Waals surface area (Å²) in [5.41, 5.74) is 0. The normalized spacial score (nSPS) is 13.1. The molecule has 2 atom stereocenters. The van der Waals surface area contributed by atoms with Crippen molar-refractivity contribution >= 4 is 17.9 Å².